The fraction of sp³-hybridized carbons (Fsp3) is 0.227. The van der Waals surface area contributed by atoms with E-state index in [4.69, 9.17) is 0 Å². The molecule has 3 aromatic rings. The Bertz CT molecular complexity index is 1230. The summed E-state index contributed by atoms with van der Waals surface area (Å²) in [5.41, 5.74) is 0.916. The number of ketones is 1. The van der Waals surface area contributed by atoms with Crippen molar-refractivity contribution < 1.29 is 32.3 Å². The summed E-state index contributed by atoms with van der Waals surface area (Å²) in [6, 6.07) is 8.55. The molecule has 34 heavy (non-hydrogen) atoms. The molecule has 0 saturated carbocycles. The lowest BCUT2D eigenvalue weighted by Crippen LogP contribution is -2.35. The number of fused-ring (bicyclic) bond motifs is 1. The minimum Gasteiger partial charge on any atom is -0.405 e. The van der Waals surface area contributed by atoms with E-state index < -0.39 is 29.8 Å². The Morgan fingerprint density at radius 3 is 2.59 bits per heavy atom. The molecule has 2 aromatic heterocycles. The Kier molecular flexibility index (Phi) is 6.59. The summed E-state index contributed by atoms with van der Waals surface area (Å²) >= 11 is 1.03. The number of nitrogens with zero attached hydrogens (tertiary/aromatic N) is 2. The van der Waals surface area contributed by atoms with Gasteiger partial charge in [-0.05, 0) is 18.2 Å². The van der Waals surface area contributed by atoms with E-state index in [1.807, 2.05) is 0 Å². The van der Waals surface area contributed by atoms with Crippen LogP contribution in [0.4, 0.5) is 18.3 Å². The van der Waals surface area contributed by atoms with E-state index in [1.165, 1.54) is 42.7 Å². The first-order chi connectivity index (χ1) is 16.2. The van der Waals surface area contributed by atoms with E-state index in [0.29, 0.717) is 16.1 Å². The van der Waals surface area contributed by atoms with Gasteiger partial charge in [0.1, 0.15) is 5.75 Å². The fourth-order valence-corrected chi connectivity index (χ4v) is 4.38. The molecule has 0 spiro atoms. The van der Waals surface area contributed by atoms with Crippen molar-refractivity contribution >= 4 is 34.1 Å². The van der Waals surface area contributed by atoms with Crippen LogP contribution in [0, 0.1) is 5.92 Å². The first-order valence-corrected chi connectivity index (χ1v) is 10.9. The van der Waals surface area contributed by atoms with Gasteiger partial charge in [-0.25, -0.2) is 4.98 Å². The molecular formula is C22H17F3N4O4S. The molecule has 8 nitrogen and oxygen atoms in total. The van der Waals surface area contributed by atoms with Gasteiger partial charge in [-0.15, -0.1) is 13.2 Å². The zero-order valence-corrected chi connectivity index (χ0v) is 18.2. The second kappa shape index (κ2) is 9.59. The minimum absolute atomic E-state index is 0.0700. The number of benzene rings is 1. The maximum Gasteiger partial charge on any atom is 0.573 e. The van der Waals surface area contributed by atoms with E-state index >= 15 is 0 Å². The summed E-state index contributed by atoms with van der Waals surface area (Å²) in [6.07, 6.45) is -1.82. The second-order valence-corrected chi connectivity index (χ2v) is 8.39. The van der Waals surface area contributed by atoms with Gasteiger partial charge in [-0.3, -0.25) is 24.7 Å². The summed E-state index contributed by atoms with van der Waals surface area (Å²) in [5.74, 6) is -2.33. The molecule has 2 heterocycles. The zero-order valence-electron chi connectivity index (χ0n) is 17.4. The number of alkyl halides is 3. The number of anilines is 1. The van der Waals surface area contributed by atoms with Crippen molar-refractivity contribution in [2.45, 2.75) is 25.7 Å². The molecule has 0 bridgehead atoms. The molecule has 12 heteroatoms. The maximum absolute atomic E-state index is 12.7. The molecular weight excluding hydrogens is 473 g/mol. The Morgan fingerprint density at radius 1 is 1.12 bits per heavy atom. The molecule has 1 aromatic carbocycles. The number of rotatable bonds is 6. The van der Waals surface area contributed by atoms with Gasteiger partial charge in [-0.1, -0.05) is 29.5 Å². The molecule has 4 rings (SSSR count). The van der Waals surface area contributed by atoms with Crippen molar-refractivity contribution in [1.29, 1.82) is 0 Å². The lowest BCUT2D eigenvalue weighted by Gasteiger charge is -2.20. The summed E-state index contributed by atoms with van der Waals surface area (Å²) in [6.45, 7) is -0.201. The number of carbonyl (C=O) groups is 3. The number of ether oxygens (including phenoxy) is 1. The Balaban J connectivity index is 1.40. The van der Waals surface area contributed by atoms with Crippen LogP contribution in [0.15, 0.2) is 48.8 Å². The average Bonchev–Trinajstić information content (AvgIpc) is 3.21. The van der Waals surface area contributed by atoms with Crippen molar-refractivity contribution in [3.05, 3.63) is 70.5 Å². The van der Waals surface area contributed by atoms with Crippen LogP contribution in [0.2, 0.25) is 0 Å². The lowest BCUT2D eigenvalue weighted by molar-refractivity contribution is -0.274. The number of amides is 2. The molecule has 2 N–H and O–H groups in total. The highest BCUT2D eigenvalue weighted by Crippen LogP contribution is 2.33. The van der Waals surface area contributed by atoms with Crippen molar-refractivity contribution in [2.75, 3.05) is 5.32 Å². The van der Waals surface area contributed by atoms with E-state index in [-0.39, 0.29) is 35.9 Å². The molecule has 0 radical (unpaired) electrons. The number of carbonyl (C=O) groups excluding carboxylic acids is 3. The summed E-state index contributed by atoms with van der Waals surface area (Å²) in [7, 11) is 0. The van der Waals surface area contributed by atoms with E-state index in [1.54, 1.807) is 0 Å². The largest absolute Gasteiger partial charge is 0.573 e. The molecule has 176 valence electrons. The maximum atomic E-state index is 12.7. The van der Waals surface area contributed by atoms with E-state index in [9.17, 15) is 27.6 Å². The van der Waals surface area contributed by atoms with Gasteiger partial charge >= 0.3 is 6.36 Å². The standard InChI is InChI=1S/C22H17F3N4O4S/c23-22(24,25)33-17-4-2-1-3-13(17)11-27-19(31)14-9-15-18(16(30)10-14)34-21(28-15)29-20(32)12-5-7-26-8-6-12/h1-8,14H,9-11H2,(H,27,31)(H,28,29,32)/t14-/m1/s1. The Hall–Kier alpha value is -3.80. The van der Waals surface area contributed by atoms with Crippen LogP contribution in [0.25, 0.3) is 0 Å². The van der Waals surface area contributed by atoms with Crippen molar-refractivity contribution in [3.63, 3.8) is 0 Å². The number of hydrogen-bond acceptors (Lipinski definition) is 7. The molecule has 0 saturated heterocycles. The SMILES string of the molecule is O=C(Nc1nc2c(s1)C(=O)C[C@H](C(=O)NCc1ccccc1OC(F)(F)F)C2)c1ccncc1. The number of Topliss-reactive ketones (excluding diaryl/α,β-unsaturated/α-hetero) is 1. The van der Waals surface area contributed by atoms with E-state index in [2.05, 4.69) is 25.3 Å². The van der Waals surface area contributed by atoms with E-state index in [0.717, 1.165) is 17.4 Å². The van der Waals surface area contributed by atoms with Gasteiger partial charge in [-0.2, -0.15) is 0 Å². The van der Waals surface area contributed by atoms with Gasteiger partial charge in [0, 0.05) is 42.9 Å². The van der Waals surface area contributed by atoms with Crippen LogP contribution < -0.4 is 15.4 Å². The van der Waals surface area contributed by atoms with Gasteiger partial charge < -0.3 is 10.1 Å². The predicted octanol–water partition coefficient (Wildman–Crippen LogP) is 3.75. The number of nitrogens with one attached hydrogen (secondary N) is 2. The lowest BCUT2D eigenvalue weighted by atomic mass is 9.89. The number of halogens is 3. The van der Waals surface area contributed by atoms with Crippen LogP contribution in [0.5, 0.6) is 5.75 Å². The summed E-state index contributed by atoms with van der Waals surface area (Å²) < 4.78 is 41.8. The van der Waals surface area contributed by atoms with Gasteiger partial charge in [0.2, 0.25) is 5.91 Å². The number of aromatic nitrogens is 2. The second-order valence-electron chi connectivity index (χ2n) is 7.39. The summed E-state index contributed by atoms with van der Waals surface area (Å²) in [5, 5.41) is 5.44. The van der Waals surface area contributed by atoms with Gasteiger partial charge in [0.25, 0.3) is 5.91 Å². The third-order valence-corrected chi connectivity index (χ3v) is 6.06. The minimum atomic E-state index is -4.86. The third kappa shape index (κ3) is 5.57. The van der Waals surface area contributed by atoms with Gasteiger partial charge in [0.05, 0.1) is 16.5 Å². The smallest absolute Gasteiger partial charge is 0.405 e. The molecule has 0 aliphatic heterocycles. The molecule has 0 unspecified atom stereocenters. The Morgan fingerprint density at radius 2 is 1.85 bits per heavy atom. The van der Waals surface area contributed by atoms with Gasteiger partial charge in [0.15, 0.2) is 10.9 Å². The Labute approximate surface area is 195 Å². The molecule has 0 fully saturated rings. The van der Waals surface area contributed by atoms with Crippen molar-refractivity contribution in [1.82, 2.24) is 15.3 Å². The molecule has 1 aliphatic rings. The highest BCUT2D eigenvalue weighted by atomic mass is 32.1. The number of hydrogen-bond donors (Lipinski definition) is 2. The normalized spacial score (nSPS) is 15.4. The first-order valence-electron chi connectivity index (χ1n) is 10.1. The fourth-order valence-electron chi connectivity index (χ4n) is 3.44. The molecule has 2 amide bonds. The number of thiazole rings is 1. The van der Waals surface area contributed by atoms with Crippen LogP contribution in [-0.2, 0) is 17.8 Å². The third-order valence-electron chi connectivity index (χ3n) is 5.01. The summed E-state index contributed by atoms with van der Waals surface area (Å²) in [4.78, 5) is 46.1. The zero-order chi connectivity index (χ0) is 24.3. The highest BCUT2D eigenvalue weighted by molar-refractivity contribution is 7.17. The molecule has 1 atom stereocenters. The first kappa shape index (κ1) is 23.4. The van der Waals surface area contributed by atoms with Crippen LogP contribution in [0.3, 0.4) is 0 Å². The van der Waals surface area contributed by atoms with Crippen LogP contribution in [-0.4, -0.2) is 33.9 Å². The average molecular weight is 490 g/mol. The monoisotopic (exact) mass is 490 g/mol. The van der Waals surface area contributed by atoms with Crippen molar-refractivity contribution in [3.8, 4) is 5.75 Å². The number of pyridine rings is 1. The quantitative estimate of drug-likeness (QED) is 0.545. The van der Waals surface area contributed by atoms with Crippen LogP contribution in [0.1, 0.15) is 37.7 Å². The topological polar surface area (TPSA) is 110 Å². The predicted molar refractivity (Wildman–Crippen MR) is 115 cm³/mol. The van der Waals surface area contributed by atoms with Crippen molar-refractivity contribution in [2.24, 2.45) is 5.92 Å². The van der Waals surface area contributed by atoms with Crippen LogP contribution >= 0.6 is 11.3 Å². The number of para-hydroxylation sites is 1. The molecule has 1 aliphatic carbocycles. The highest BCUT2D eigenvalue weighted by Gasteiger charge is 2.34.